The summed E-state index contributed by atoms with van der Waals surface area (Å²) in [6.45, 7) is 13.7. The summed E-state index contributed by atoms with van der Waals surface area (Å²) in [5.74, 6) is -6.25. The van der Waals surface area contributed by atoms with Gasteiger partial charge in [-0.25, -0.2) is 4.79 Å². The summed E-state index contributed by atoms with van der Waals surface area (Å²) in [5.41, 5.74) is 1.35. The predicted molar refractivity (Wildman–Crippen MR) is 256 cm³/mol. The van der Waals surface area contributed by atoms with Crippen LogP contribution in [-0.4, -0.2) is 139 Å². The van der Waals surface area contributed by atoms with E-state index in [1.165, 1.54) is 4.90 Å². The van der Waals surface area contributed by atoms with Crippen molar-refractivity contribution >= 4 is 23.4 Å². The van der Waals surface area contributed by atoms with E-state index in [0.717, 1.165) is 24.8 Å². The third-order valence-electron chi connectivity index (χ3n) is 14.9. The van der Waals surface area contributed by atoms with Gasteiger partial charge in [-0.1, -0.05) is 71.1 Å². The highest BCUT2D eigenvalue weighted by Gasteiger charge is 2.53. The van der Waals surface area contributed by atoms with E-state index < -0.39 is 65.7 Å². The van der Waals surface area contributed by atoms with E-state index >= 15 is 0 Å². The number of fused-ring (bicyclic) bond motifs is 3. The number of methoxy groups -OCH3 is 3. The third-order valence-corrected chi connectivity index (χ3v) is 14.9. The number of cyclic esters (lactones) is 1. The fraction of sp³-hybridized carbons (Fsp3) is 0.774. The summed E-state index contributed by atoms with van der Waals surface area (Å²) in [5, 5.41) is 32.9. The zero-order valence-corrected chi connectivity index (χ0v) is 42.2. The average Bonchev–Trinajstić information content (AvgIpc) is 3.31. The van der Waals surface area contributed by atoms with Gasteiger partial charge >= 0.3 is 5.97 Å². The topological polar surface area (TPSA) is 188 Å². The standard InChI is InChI=1S/C53H85NO13/c1-33-16-12-11-13-17-35(3)45(62-8)31-41-21-19-39(7)53(61,67-41)50(58)51(59)54-23-15-14-18-42(54)52(60)66-46(37(5)29-40-20-22-44(65-25-24-55)47(30-40)63-9)32-43(56)36(4)28-38(6)49(57)48(64-10)27-34(2)26-33/h11-13,16-17,28,33-34,37-42,44-49,55,57,61H,14-15,18-27,29-32H2,1-10H3/t33-,34-,37-,38?,39-,40+,41+,42+,44-,45+,46+,47-,48+,49-,53-/m1/s1. The molecule has 67 heavy (non-hydrogen) atoms. The first-order valence-corrected chi connectivity index (χ1v) is 25.0. The quantitative estimate of drug-likeness (QED) is 0.158. The highest BCUT2D eigenvalue weighted by Crippen LogP contribution is 2.38. The number of aliphatic hydroxyl groups excluding tert-OH is 2. The lowest BCUT2D eigenvalue weighted by Gasteiger charge is -2.42. The van der Waals surface area contributed by atoms with Crippen LogP contribution in [0.5, 0.6) is 0 Å². The molecule has 1 unspecified atom stereocenters. The number of hydrogen-bond donors (Lipinski definition) is 3. The Morgan fingerprint density at radius 1 is 0.851 bits per heavy atom. The molecule has 4 aliphatic rings. The maximum absolute atomic E-state index is 14.5. The molecule has 2 saturated heterocycles. The van der Waals surface area contributed by atoms with E-state index in [1.807, 2.05) is 45.1 Å². The second-order valence-electron chi connectivity index (χ2n) is 20.3. The normalized spacial score (nSPS) is 37.0. The van der Waals surface area contributed by atoms with Crippen molar-refractivity contribution in [2.45, 2.75) is 186 Å². The lowest BCUT2D eigenvalue weighted by Crippen LogP contribution is -2.61. The minimum atomic E-state index is -2.41. The van der Waals surface area contributed by atoms with Crippen molar-refractivity contribution in [2.75, 3.05) is 41.1 Å². The van der Waals surface area contributed by atoms with Gasteiger partial charge in [-0.15, -0.1) is 0 Å². The highest BCUT2D eigenvalue weighted by molar-refractivity contribution is 6.39. The summed E-state index contributed by atoms with van der Waals surface area (Å²) >= 11 is 0. The second kappa shape index (κ2) is 27.3. The predicted octanol–water partition coefficient (Wildman–Crippen LogP) is 7.02. The lowest BCUT2D eigenvalue weighted by atomic mass is 9.78. The van der Waals surface area contributed by atoms with Gasteiger partial charge in [-0.05, 0) is 119 Å². The number of carbonyl (C=O) groups is 4. The van der Waals surface area contributed by atoms with Gasteiger partial charge in [0, 0.05) is 52.6 Å². The molecule has 14 heteroatoms. The van der Waals surface area contributed by atoms with Crippen LogP contribution in [0.15, 0.2) is 47.6 Å². The van der Waals surface area contributed by atoms with Crippen molar-refractivity contribution < 1.29 is 62.9 Å². The van der Waals surface area contributed by atoms with Gasteiger partial charge in [0.1, 0.15) is 12.1 Å². The van der Waals surface area contributed by atoms with Crippen molar-refractivity contribution in [1.29, 1.82) is 0 Å². The van der Waals surface area contributed by atoms with Gasteiger partial charge in [-0.3, -0.25) is 14.4 Å². The summed E-state index contributed by atoms with van der Waals surface area (Å²) in [6, 6.07) is -1.11. The number of ether oxygens (including phenoxy) is 6. The number of rotatable bonds is 9. The Labute approximate surface area is 400 Å². The summed E-state index contributed by atoms with van der Waals surface area (Å²) in [4.78, 5) is 58.4. The van der Waals surface area contributed by atoms with E-state index in [-0.39, 0.29) is 80.4 Å². The maximum Gasteiger partial charge on any atom is 0.329 e. The van der Waals surface area contributed by atoms with Crippen LogP contribution in [0.2, 0.25) is 0 Å². The molecule has 0 aromatic carbocycles. The molecule has 0 aromatic heterocycles. The van der Waals surface area contributed by atoms with Crippen molar-refractivity contribution in [3.8, 4) is 0 Å². The van der Waals surface area contributed by atoms with Gasteiger partial charge in [0.05, 0.1) is 49.8 Å². The molecular formula is C53H85NO13. The summed E-state index contributed by atoms with van der Waals surface area (Å²) in [6.07, 6.45) is 15.2. The molecular weight excluding hydrogens is 859 g/mol. The number of amides is 1. The summed E-state index contributed by atoms with van der Waals surface area (Å²) in [7, 11) is 4.84. The Hall–Kier alpha value is -3.08. The smallest absolute Gasteiger partial charge is 0.329 e. The zero-order valence-electron chi connectivity index (χ0n) is 42.2. The van der Waals surface area contributed by atoms with Crippen LogP contribution in [-0.2, 0) is 47.6 Å². The molecule has 1 amide bonds. The van der Waals surface area contributed by atoms with Crippen LogP contribution in [0.4, 0.5) is 0 Å². The number of carbonyl (C=O) groups excluding carboxylic acids is 4. The molecule has 15 atom stereocenters. The second-order valence-corrected chi connectivity index (χ2v) is 20.3. The number of ketones is 2. The zero-order chi connectivity index (χ0) is 49.4. The van der Waals surface area contributed by atoms with Gasteiger partial charge in [-0.2, -0.15) is 0 Å². The fourth-order valence-corrected chi connectivity index (χ4v) is 10.7. The van der Waals surface area contributed by atoms with Gasteiger partial charge in [0.15, 0.2) is 5.78 Å². The summed E-state index contributed by atoms with van der Waals surface area (Å²) < 4.78 is 35.9. The van der Waals surface area contributed by atoms with Crippen LogP contribution < -0.4 is 0 Å². The largest absolute Gasteiger partial charge is 0.460 e. The minimum absolute atomic E-state index is 0.0821. The molecule has 0 radical (unpaired) electrons. The number of esters is 1. The number of hydrogen-bond acceptors (Lipinski definition) is 13. The van der Waals surface area contributed by atoms with E-state index in [1.54, 1.807) is 41.3 Å². The first kappa shape index (κ1) is 56.5. The first-order chi connectivity index (χ1) is 31.9. The molecule has 0 aromatic rings. The Kier molecular flexibility index (Phi) is 23.1. The SMILES string of the molecule is CO[C@H]1C[C@@H]2CC[C@@H](C)[C@@](O)(O2)C(=O)C(=O)N2CCCC[C@H]2C(=O)O[C@H]([C@H](C)C[C@@H]2CC[C@@H](OCCO)[C@H](OC)C2)CC(=O)C(C)=CC(C)[C@@H](O)[C@@H](OC)C[C@H](C)C[C@H](C)C=CC=CC=C1C. The Morgan fingerprint density at radius 2 is 1.58 bits per heavy atom. The molecule has 14 nitrogen and oxygen atoms in total. The van der Waals surface area contributed by atoms with Gasteiger partial charge in [0.2, 0.25) is 5.79 Å². The number of allylic oxidation sites excluding steroid dienone is 6. The maximum atomic E-state index is 14.5. The molecule has 3 N–H and O–H groups in total. The molecule has 3 heterocycles. The molecule has 1 aliphatic carbocycles. The Bertz CT molecular complexity index is 1730. The third kappa shape index (κ3) is 16.0. The molecule has 1 saturated carbocycles. The fourth-order valence-electron chi connectivity index (χ4n) is 10.7. The lowest BCUT2D eigenvalue weighted by molar-refractivity contribution is -0.265. The first-order valence-electron chi connectivity index (χ1n) is 25.0. The van der Waals surface area contributed by atoms with Crippen molar-refractivity contribution in [2.24, 2.45) is 35.5 Å². The molecule has 4 rings (SSSR count). The van der Waals surface area contributed by atoms with Crippen LogP contribution >= 0.6 is 0 Å². The highest BCUT2D eigenvalue weighted by atomic mass is 16.6. The molecule has 3 fully saturated rings. The molecule has 380 valence electrons. The molecule has 2 bridgehead atoms. The van der Waals surface area contributed by atoms with Gasteiger partial charge in [0.25, 0.3) is 11.7 Å². The number of aliphatic hydroxyl groups is 3. The molecule has 0 spiro atoms. The van der Waals surface area contributed by atoms with Crippen molar-refractivity contribution in [3.05, 3.63) is 47.6 Å². The van der Waals surface area contributed by atoms with E-state index in [0.29, 0.717) is 56.9 Å². The number of piperidine rings is 1. The van der Waals surface area contributed by atoms with Gasteiger partial charge < -0.3 is 48.6 Å². The van der Waals surface area contributed by atoms with Crippen LogP contribution in [0.1, 0.15) is 132 Å². The Morgan fingerprint density at radius 3 is 2.27 bits per heavy atom. The van der Waals surface area contributed by atoms with Crippen molar-refractivity contribution in [3.63, 3.8) is 0 Å². The number of Topliss-reactive ketones (excluding diaryl/α,β-unsaturated/α-hetero) is 2. The van der Waals surface area contributed by atoms with Crippen LogP contribution in [0, 0.1) is 35.5 Å². The molecule has 3 aliphatic heterocycles. The van der Waals surface area contributed by atoms with Crippen LogP contribution in [0.25, 0.3) is 0 Å². The number of nitrogens with zero attached hydrogens (tertiary/aromatic N) is 1. The van der Waals surface area contributed by atoms with E-state index in [9.17, 15) is 34.5 Å². The van der Waals surface area contributed by atoms with E-state index in [4.69, 9.17) is 28.4 Å². The average molecular weight is 944 g/mol. The van der Waals surface area contributed by atoms with Crippen LogP contribution in [0.3, 0.4) is 0 Å². The Balaban J connectivity index is 1.68. The monoisotopic (exact) mass is 944 g/mol. The van der Waals surface area contributed by atoms with Crippen molar-refractivity contribution in [1.82, 2.24) is 4.90 Å². The minimum Gasteiger partial charge on any atom is -0.460 e. The van der Waals surface area contributed by atoms with E-state index in [2.05, 4.69) is 19.9 Å².